The number of hydrogen-bond donors (Lipinski definition) is 0. The van der Waals surface area contributed by atoms with Crippen molar-refractivity contribution in [1.29, 1.82) is 0 Å². The molecule has 2 atom stereocenters. The molecule has 188 valence electrons. The first kappa shape index (κ1) is 27.5. The van der Waals surface area contributed by atoms with Gasteiger partial charge in [0.15, 0.2) is 3.61 Å². The zero-order valence-electron chi connectivity index (χ0n) is 20.5. The third kappa shape index (κ3) is 5.21. The highest BCUT2D eigenvalue weighted by atomic mass is 127. The molecule has 0 saturated heterocycles. The standard InChI is InChI=1S/C26H30INO6S/c1-7-14-33-26(27,25(4,5)24(29)32-6)21-13-12-18(2)20(15-21)17-28-16-19(3)34-22-10-8-9-11-23(22)35(28,30)31/h1,8-13,15,19H,14,16-17H2,2-6H3/t19-,26-/m1/s1. The van der Waals surface area contributed by atoms with Crippen LogP contribution in [0.3, 0.4) is 0 Å². The molecule has 0 radical (unpaired) electrons. The number of terminal acetylenes is 1. The lowest BCUT2D eigenvalue weighted by Crippen LogP contribution is -2.45. The fourth-order valence-corrected chi connectivity index (χ4v) is 6.40. The average molecular weight is 611 g/mol. The monoisotopic (exact) mass is 611 g/mol. The molecule has 0 saturated carbocycles. The first-order valence-electron chi connectivity index (χ1n) is 11.1. The van der Waals surface area contributed by atoms with Crippen molar-refractivity contribution in [3.8, 4) is 18.1 Å². The van der Waals surface area contributed by atoms with Crippen LogP contribution in [0.5, 0.6) is 5.75 Å². The summed E-state index contributed by atoms with van der Waals surface area (Å²) in [5.74, 6) is 2.36. The van der Waals surface area contributed by atoms with Gasteiger partial charge >= 0.3 is 5.97 Å². The Morgan fingerprint density at radius 1 is 1.29 bits per heavy atom. The van der Waals surface area contributed by atoms with Crippen molar-refractivity contribution in [2.24, 2.45) is 5.41 Å². The summed E-state index contributed by atoms with van der Waals surface area (Å²) in [6, 6.07) is 12.3. The van der Waals surface area contributed by atoms with Gasteiger partial charge in [-0.15, -0.1) is 6.42 Å². The van der Waals surface area contributed by atoms with Crippen LogP contribution >= 0.6 is 22.6 Å². The molecule has 0 spiro atoms. The molecule has 2 aromatic rings. The van der Waals surface area contributed by atoms with Gasteiger partial charge in [0.2, 0.25) is 10.0 Å². The topological polar surface area (TPSA) is 82.1 Å². The van der Waals surface area contributed by atoms with E-state index in [4.69, 9.17) is 20.6 Å². The molecule has 35 heavy (non-hydrogen) atoms. The van der Waals surface area contributed by atoms with E-state index in [-0.39, 0.29) is 30.7 Å². The second-order valence-electron chi connectivity index (χ2n) is 9.02. The Labute approximate surface area is 221 Å². The van der Waals surface area contributed by atoms with Crippen LogP contribution in [0.25, 0.3) is 0 Å². The van der Waals surface area contributed by atoms with Gasteiger partial charge in [-0.25, -0.2) is 8.42 Å². The number of aryl methyl sites for hydroxylation is 1. The van der Waals surface area contributed by atoms with Crippen LogP contribution in [-0.2, 0) is 34.4 Å². The molecule has 0 bridgehead atoms. The number of esters is 1. The number of halogens is 1. The normalized spacial score (nSPS) is 19.4. The summed E-state index contributed by atoms with van der Waals surface area (Å²) in [5.41, 5.74) is 1.27. The highest BCUT2D eigenvalue weighted by Gasteiger charge is 2.52. The molecule has 0 fully saturated rings. The summed E-state index contributed by atoms with van der Waals surface area (Å²) in [5, 5.41) is 0. The van der Waals surface area contributed by atoms with E-state index in [1.54, 1.807) is 38.1 Å². The second-order valence-corrected chi connectivity index (χ2v) is 12.4. The number of carbonyl (C=O) groups is 1. The lowest BCUT2D eigenvalue weighted by Gasteiger charge is -2.40. The zero-order valence-corrected chi connectivity index (χ0v) is 23.5. The Morgan fingerprint density at radius 2 is 1.97 bits per heavy atom. The van der Waals surface area contributed by atoms with Crippen molar-refractivity contribution >= 4 is 38.6 Å². The number of fused-ring (bicyclic) bond motifs is 1. The number of rotatable bonds is 7. The predicted octanol–water partition coefficient (Wildman–Crippen LogP) is 4.40. The van der Waals surface area contributed by atoms with E-state index in [1.807, 2.05) is 32.0 Å². The smallest absolute Gasteiger partial charge is 0.315 e. The highest BCUT2D eigenvalue weighted by Crippen LogP contribution is 2.50. The van der Waals surface area contributed by atoms with Crippen LogP contribution in [0.2, 0.25) is 0 Å². The first-order chi connectivity index (χ1) is 16.4. The number of para-hydroxylation sites is 1. The van der Waals surface area contributed by atoms with Gasteiger partial charge in [-0.2, -0.15) is 4.31 Å². The van der Waals surface area contributed by atoms with E-state index in [1.165, 1.54) is 11.4 Å². The van der Waals surface area contributed by atoms with Crippen LogP contribution in [0.15, 0.2) is 47.4 Å². The van der Waals surface area contributed by atoms with Crippen LogP contribution < -0.4 is 4.74 Å². The van der Waals surface area contributed by atoms with Gasteiger partial charge in [-0.3, -0.25) is 4.79 Å². The van der Waals surface area contributed by atoms with Crippen molar-refractivity contribution in [3.05, 3.63) is 59.2 Å². The van der Waals surface area contributed by atoms with Gasteiger partial charge in [0.1, 0.15) is 28.8 Å². The number of nitrogens with zero attached hydrogens (tertiary/aromatic N) is 1. The van der Waals surface area contributed by atoms with Crippen molar-refractivity contribution < 1.29 is 27.4 Å². The molecule has 1 aliphatic rings. The molecule has 1 aliphatic heterocycles. The van der Waals surface area contributed by atoms with Gasteiger partial charge in [-0.05, 0) is 79.1 Å². The molecule has 9 heteroatoms. The summed E-state index contributed by atoms with van der Waals surface area (Å²) >= 11 is 2.09. The molecular formula is C26H30INO6S. The van der Waals surface area contributed by atoms with Crippen LogP contribution in [0.4, 0.5) is 0 Å². The third-order valence-electron chi connectivity index (χ3n) is 6.18. The number of alkyl halides is 1. The summed E-state index contributed by atoms with van der Waals surface area (Å²) < 4.78 is 44.3. The minimum absolute atomic E-state index is 0.0152. The lowest BCUT2D eigenvalue weighted by atomic mass is 9.81. The average Bonchev–Trinajstić information content (AvgIpc) is 2.91. The molecule has 0 amide bonds. The SMILES string of the molecule is C#CCO[C@](I)(c1ccc(C)c(CN2C[C@@H](C)Oc3ccccc3S2(=O)=O)c1)C(C)(C)C(=O)OC. The van der Waals surface area contributed by atoms with Gasteiger partial charge in [0.25, 0.3) is 0 Å². The molecule has 0 unspecified atom stereocenters. The Balaban J connectivity index is 2.07. The number of methoxy groups -OCH3 is 1. The van der Waals surface area contributed by atoms with Crippen molar-refractivity contribution in [2.45, 2.75) is 48.8 Å². The van der Waals surface area contributed by atoms with E-state index >= 15 is 0 Å². The fraction of sp³-hybridized carbons (Fsp3) is 0.423. The molecule has 0 aliphatic carbocycles. The molecule has 7 nitrogen and oxygen atoms in total. The maximum Gasteiger partial charge on any atom is 0.315 e. The summed E-state index contributed by atoms with van der Waals surface area (Å²) in [4.78, 5) is 12.8. The van der Waals surface area contributed by atoms with E-state index in [2.05, 4.69) is 28.5 Å². The van der Waals surface area contributed by atoms with Crippen LogP contribution in [-0.4, -0.2) is 45.1 Å². The van der Waals surface area contributed by atoms with E-state index in [9.17, 15) is 13.2 Å². The van der Waals surface area contributed by atoms with Gasteiger partial charge in [-0.1, -0.05) is 36.3 Å². The first-order valence-corrected chi connectivity index (χ1v) is 13.6. The number of benzene rings is 2. The van der Waals surface area contributed by atoms with Crippen molar-refractivity contribution in [1.82, 2.24) is 4.31 Å². The zero-order chi connectivity index (χ0) is 26.0. The Morgan fingerprint density at radius 3 is 2.63 bits per heavy atom. The predicted molar refractivity (Wildman–Crippen MR) is 142 cm³/mol. The van der Waals surface area contributed by atoms with Crippen molar-refractivity contribution in [3.63, 3.8) is 0 Å². The van der Waals surface area contributed by atoms with Crippen molar-refractivity contribution in [2.75, 3.05) is 20.3 Å². The molecule has 0 N–H and O–H groups in total. The minimum Gasteiger partial charge on any atom is -0.488 e. The number of sulfonamides is 1. The summed E-state index contributed by atoms with van der Waals surface area (Å²) in [7, 11) is -2.47. The summed E-state index contributed by atoms with van der Waals surface area (Å²) in [6.07, 6.45) is 5.12. The van der Waals surface area contributed by atoms with Crippen LogP contribution in [0.1, 0.15) is 37.5 Å². The van der Waals surface area contributed by atoms with Gasteiger partial charge in [0.05, 0.1) is 13.7 Å². The number of carbonyl (C=O) groups excluding carboxylic acids is 1. The highest BCUT2D eigenvalue weighted by molar-refractivity contribution is 14.1. The summed E-state index contributed by atoms with van der Waals surface area (Å²) in [6.45, 7) is 7.53. The Hall–Kier alpha value is -2.13. The molecule has 3 rings (SSSR count). The quantitative estimate of drug-likeness (QED) is 0.200. The second kappa shape index (κ2) is 10.5. The van der Waals surface area contributed by atoms with Crippen LogP contribution in [0, 0.1) is 24.7 Å². The third-order valence-corrected chi connectivity index (χ3v) is 10.3. The molecule has 2 aromatic carbocycles. The number of hydrogen-bond acceptors (Lipinski definition) is 6. The molecular weight excluding hydrogens is 581 g/mol. The van der Waals surface area contributed by atoms with Gasteiger partial charge in [0, 0.05) is 6.54 Å². The Kier molecular flexibility index (Phi) is 8.21. The Bertz CT molecular complexity index is 1250. The maximum atomic E-state index is 13.5. The molecule has 0 aromatic heterocycles. The van der Waals surface area contributed by atoms with Gasteiger partial charge < -0.3 is 14.2 Å². The fourth-order valence-electron chi connectivity index (χ4n) is 4.07. The lowest BCUT2D eigenvalue weighted by molar-refractivity contribution is -0.162. The van der Waals surface area contributed by atoms with E-state index < -0.39 is 25.0 Å². The minimum atomic E-state index is -3.80. The number of ether oxygens (including phenoxy) is 3. The molecule has 1 heterocycles. The maximum absolute atomic E-state index is 13.5. The largest absolute Gasteiger partial charge is 0.488 e. The van der Waals surface area contributed by atoms with E-state index in [0.29, 0.717) is 11.3 Å². The van der Waals surface area contributed by atoms with E-state index in [0.717, 1.165) is 11.1 Å².